The van der Waals surface area contributed by atoms with Crippen LogP contribution in [0.1, 0.15) is 50.1 Å². The second-order valence-corrected chi connectivity index (χ2v) is 11.6. The molecule has 0 fully saturated rings. The second-order valence-electron chi connectivity index (χ2n) is 9.44. The van der Waals surface area contributed by atoms with E-state index in [1.807, 2.05) is 61.7 Å². The molecule has 0 aliphatic heterocycles. The van der Waals surface area contributed by atoms with Gasteiger partial charge in [0, 0.05) is 45.5 Å². The maximum absolute atomic E-state index is 13.0. The number of aryl methyl sites for hydroxylation is 2. The molecule has 2 N–H and O–H groups in total. The molecule has 2 amide bonds. The van der Waals surface area contributed by atoms with Crippen LogP contribution in [0.25, 0.3) is 10.9 Å². The van der Waals surface area contributed by atoms with Crippen LogP contribution in [-0.4, -0.2) is 41.3 Å². The van der Waals surface area contributed by atoms with Gasteiger partial charge in [-0.15, -0.1) is 23.1 Å². The van der Waals surface area contributed by atoms with Gasteiger partial charge < -0.3 is 19.9 Å². The van der Waals surface area contributed by atoms with Crippen LogP contribution in [0.15, 0.2) is 59.6 Å². The fourth-order valence-corrected chi connectivity index (χ4v) is 7.01. The molecule has 0 atom stereocenters. The number of fused-ring (bicyclic) bond motifs is 2. The summed E-state index contributed by atoms with van der Waals surface area (Å²) in [5.74, 6) is -0.409. The van der Waals surface area contributed by atoms with Crippen molar-refractivity contribution < 1.29 is 19.1 Å². The van der Waals surface area contributed by atoms with Gasteiger partial charge in [-0.25, -0.2) is 4.79 Å². The highest BCUT2D eigenvalue weighted by Gasteiger charge is 2.28. The van der Waals surface area contributed by atoms with Crippen LogP contribution in [-0.2, 0) is 28.9 Å². The minimum absolute atomic E-state index is 0.0977. The Morgan fingerprint density at radius 1 is 1.08 bits per heavy atom. The van der Waals surface area contributed by atoms with Crippen LogP contribution >= 0.6 is 23.1 Å². The summed E-state index contributed by atoms with van der Waals surface area (Å²) in [6, 6.07) is 15.6. The van der Waals surface area contributed by atoms with E-state index in [4.69, 9.17) is 4.74 Å². The molecule has 1 aliphatic carbocycles. The molecule has 0 radical (unpaired) electrons. The highest BCUT2D eigenvalue weighted by atomic mass is 32.2. The zero-order valence-electron chi connectivity index (χ0n) is 22.0. The molecule has 9 heteroatoms. The molecule has 1 aliphatic rings. The van der Waals surface area contributed by atoms with E-state index in [2.05, 4.69) is 15.2 Å². The van der Waals surface area contributed by atoms with Gasteiger partial charge in [0.1, 0.15) is 5.00 Å². The van der Waals surface area contributed by atoms with Crippen molar-refractivity contribution in [1.29, 1.82) is 0 Å². The molecule has 2 aromatic heterocycles. The minimum Gasteiger partial charge on any atom is -0.462 e. The van der Waals surface area contributed by atoms with Crippen molar-refractivity contribution >= 4 is 56.8 Å². The van der Waals surface area contributed by atoms with E-state index in [0.717, 1.165) is 46.2 Å². The van der Waals surface area contributed by atoms with Crippen molar-refractivity contribution in [2.45, 2.75) is 44.6 Å². The summed E-state index contributed by atoms with van der Waals surface area (Å²) in [6.07, 6.45) is 4.83. The second kappa shape index (κ2) is 12.1. The molecule has 5 rings (SSSR count). The van der Waals surface area contributed by atoms with E-state index >= 15 is 0 Å². The molecule has 0 spiro atoms. The van der Waals surface area contributed by atoms with Gasteiger partial charge in [-0.3, -0.25) is 9.59 Å². The predicted octanol–water partition coefficient (Wildman–Crippen LogP) is 5.84. The van der Waals surface area contributed by atoms with E-state index < -0.39 is 0 Å². The smallest absolute Gasteiger partial charge is 0.341 e. The van der Waals surface area contributed by atoms with Crippen LogP contribution < -0.4 is 10.6 Å². The van der Waals surface area contributed by atoms with Gasteiger partial charge in [0.05, 0.1) is 17.9 Å². The lowest BCUT2D eigenvalue weighted by atomic mass is 10.1. The van der Waals surface area contributed by atoms with E-state index in [1.165, 1.54) is 28.0 Å². The summed E-state index contributed by atoms with van der Waals surface area (Å²) in [6.45, 7) is 5.16. The predicted molar refractivity (Wildman–Crippen MR) is 157 cm³/mol. The Bertz CT molecular complexity index is 1520. The summed E-state index contributed by atoms with van der Waals surface area (Å²) in [5, 5.41) is 7.62. The molecule has 2 heterocycles. The normalized spacial score (nSPS) is 12.4. The fourth-order valence-electron chi connectivity index (χ4n) is 4.83. The summed E-state index contributed by atoms with van der Waals surface area (Å²) < 4.78 is 7.38. The topological polar surface area (TPSA) is 89.4 Å². The Balaban J connectivity index is 1.23. The number of benzene rings is 2. The van der Waals surface area contributed by atoms with Gasteiger partial charge in [-0.1, -0.05) is 35.9 Å². The molecular weight excluding hydrogens is 530 g/mol. The lowest BCUT2D eigenvalue weighted by Gasteiger charge is -2.08. The number of anilines is 1. The Morgan fingerprint density at radius 2 is 1.87 bits per heavy atom. The monoisotopic (exact) mass is 561 g/mol. The summed E-state index contributed by atoms with van der Waals surface area (Å²) in [5.41, 5.74) is 4.35. The molecule has 2 aromatic carbocycles. The Hall–Kier alpha value is -3.56. The first-order valence-electron chi connectivity index (χ1n) is 13.1. The van der Waals surface area contributed by atoms with E-state index in [1.54, 1.807) is 6.92 Å². The first-order valence-corrected chi connectivity index (χ1v) is 14.9. The van der Waals surface area contributed by atoms with Gasteiger partial charge in [-0.05, 0) is 56.9 Å². The number of carbonyl (C=O) groups is 3. The van der Waals surface area contributed by atoms with E-state index in [-0.39, 0.29) is 23.5 Å². The maximum Gasteiger partial charge on any atom is 0.341 e. The van der Waals surface area contributed by atoms with Crippen molar-refractivity contribution in [3.63, 3.8) is 0 Å². The van der Waals surface area contributed by atoms with Crippen molar-refractivity contribution in [3.8, 4) is 0 Å². The number of aromatic nitrogens is 1. The number of carbonyl (C=O) groups excluding carboxylic acids is 3. The number of thiophene rings is 1. The summed E-state index contributed by atoms with van der Waals surface area (Å²) in [4.78, 5) is 40.2. The van der Waals surface area contributed by atoms with Crippen LogP contribution in [0, 0.1) is 6.92 Å². The number of amides is 2. The third kappa shape index (κ3) is 6.04. The molecular formula is C30H31N3O4S2. The van der Waals surface area contributed by atoms with Crippen LogP contribution in [0.3, 0.4) is 0 Å². The molecule has 39 heavy (non-hydrogen) atoms. The van der Waals surface area contributed by atoms with Gasteiger partial charge >= 0.3 is 5.97 Å². The molecule has 4 aromatic rings. The quantitative estimate of drug-likeness (QED) is 0.188. The van der Waals surface area contributed by atoms with Crippen molar-refractivity contribution in [1.82, 2.24) is 9.88 Å². The lowest BCUT2D eigenvalue weighted by molar-refractivity contribution is -0.113. The van der Waals surface area contributed by atoms with Crippen molar-refractivity contribution in [2.24, 2.45) is 0 Å². The van der Waals surface area contributed by atoms with Gasteiger partial charge in [-0.2, -0.15) is 0 Å². The molecule has 7 nitrogen and oxygen atoms in total. The highest BCUT2D eigenvalue weighted by molar-refractivity contribution is 8.00. The van der Waals surface area contributed by atoms with Crippen molar-refractivity contribution in [3.05, 3.63) is 81.9 Å². The average molecular weight is 562 g/mol. The Labute approximate surface area is 235 Å². The number of thioether (sulfide) groups is 1. The summed E-state index contributed by atoms with van der Waals surface area (Å²) in [7, 11) is 0. The highest BCUT2D eigenvalue weighted by Crippen LogP contribution is 2.40. The first-order chi connectivity index (χ1) is 18.9. The maximum atomic E-state index is 13.0. The van der Waals surface area contributed by atoms with Crippen LogP contribution in [0.2, 0.25) is 0 Å². The fraction of sp³-hybridized carbons (Fsp3) is 0.300. The SMILES string of the molecule is CCOC(=O)c1c(NC(=O)CSc2cn(CCNC(=O)c3ccc(C)cc3)c3ccccc23)sc2c1CCC2. The van der Waals surface area contributed by atoms with Gasteiger partial charge in [0.25, 0.3) is 5.91 Å². The number of rotatable bonds is 10. The molecule has 202 valence electrons. The van der Waals surface area contributed by atoms with E-state index in [0.29, 0.717) is 35.8 Å². The number of ether oxygens (including phenoxy) is 1. The minimum atomic E-state index is -0.364. The Kier molecular flexibility index (Phi) is 8.38. The number of nitrogens with one attached hydrogen (secondary N) is 2. The number of hydrogen-bond donors (Lipinski definition) is 2. The van der Waals surface area contributed by atoms with Crippen molar-refractivity contribution in [2.75, 3.05) is 24.2 Å². The summed E-state index contributed by atoms with van der Waals surface area (Å²) >= 11 is 2.95. The number of hydrogen-bond acceptors (Lipinski definition) is 6. The zero-order valence-corrected chi connectivity index (χ0v) is 23.7. The zero-order chi connectivity index (χ0) is 27.4. The average Bonchev–Trinajstić information content (AvgIpc) is 3.61. The Morgan fingerprint density at radius 3 is 2.67 bits per heavy atom. The number of nitrogens with zero attached hydrogens (tertiary/aromatic N) is 1. The van der Waals surface area contributed by atoms with Gasteiger partial charge in [0.15, 0.2) is 0 Å². The first kappa shape index (κ1) is 27.0. The largest absolute Gasteiger partial charge is 0.462 e. The standard InChI is InChI=1S/C30H31N3O4S2/c1-3-37-30(36)27-22-8-6-10-24(22)39-29(27)32-26(34)18-38-25-17-33(23-9-5-4-7-21(23)25)16-15-31-28(35)20-13-11-19(2)12-14-20/h4-5,7,9,11-14,17H,3,6,8,10,15-16,18H2,1-2H3,(H,31,35)(H,32,34). The van der Waals surface area contributed by atoms with E-state index in [9.17, 15) is 14.4 Å². The number of esters is 1. The molecule has 0 saturated heterocycles. The molecule has 0 saturated carbocycles. The van der Waals surface area contributed by atoms with Gasteiger partial charge in [0.2, 0.25) is 5.91 Å². The third-order valence-corrected chi connectivity index (χ3v) is 8.97. The lowest BCUT2D eigenvalue weighted by Crippen LogP contribution is -2.27. The van der Waals surface area contributed by atoms with Crippen LogP contribution in [0.4, 0.5) is 5.00 Å². The third-order valence-electron chi connectivity index (χ3n) is 6.72. The molecule has 0 bridgehead atoms. The number of para-hydroxylation sites is 1. The van der Waals surface area contributed by atoms with Crippen LogP contribution in [0.5, 0.6) is 0 Å². The molecule has 0 unspecified atom stereocenters.